The maximum atomic E-state index is 12.2. The molecule has 1 N–H and O–H groups in total. The topological polar surface area (TPSA) is 73.7 Å². The van der Waals surface area contributed by atoms with Gasteiger partial charge < -0.3 is 14.9 Å². The molecule has 0 aliphatic rings. The average Bonchev–Trinajstić information content (AvgIpc) is 2.82. The summed E-state index contributed by atoms with van der Waals surface area (Å²) in [4.78, 5) is 30.7. The molecule has 20 heavy (non-hydrogen) atoms. The number of carboxylic acid groups (broad SMARTS) is 1. The minimum absolute atomic E-state index is 0.00626. The Hall–Kier alpha value is -1.63. The maximum Gasteiger partial charge on any atom is 0.305 e. The van der Waals surface area contributed by atoms with E-state index in [1.165, 1.54) is 11.3 Å². The first-order chi connectivity index (χ1) is 9.47. The van der Waals surface area contributed by atoms with Gasteiger partial charge in [-0.1, -0.05) is 0 Å². The van der Waals surface area contributed by atoms with E-state index in [1.54, 1.807) is 9.80 Å². The van der Waals surface area contributed by atoms with Gasteiger partial charge in [0.1, 0.15) is 0 Å². The SMILES string of the molecule is CCN(CC)C(=O)CN(CCC(=O)O)c1nc(C)cs1. The highest BCUT2D eigenvalue weighted by Crippen LogP contribution is 2.20. The van der Waals surface area contributed by atoms with Gasteiger partial charge in [-0.25, -0.2) is 4.98 Å². The number of carbonyl (C=O) groups is 2. The molecule has 1 aromatic heterocycles. The third kappa shape index (κ3) is 4.80. The molecule has 0 aliphatic heterocycles. The highest BCUT2D eigenvalue weighted by atomic mass is 32.1. The lowest BCUT2D eigenvalue weighted by atomic mass is 10.3. The number of carbonyl (C=O) groups excluding carboxylic acids is 1. The fourth-order valence-corrected chi connectivity index (χ4v) is 2.63. The monoisotopic (exact) mass is 299 g/mol. The summed E-state index contributed by atoms with van der Waals surface area (Å²) in [5.41, 5.74) is 0.876. The molecule has 112 valence electrons. The van der Waals surface area contributed by atoms with Crippen LogP contribution in [0.25, 0.3) is 0 Å². The summed E-state index contributed by atoms with van der Waals surface area (Å²) in [5.74, 6) is -0.883. The molecule has 0 radical (unpaired) electrons. The molecular weight excluding hydrogens is 278 g/mol. The number of likely N-dealkylation sites (N-methyl/N-ethyl adjacent to an activating group) is 1. The van der Waals surface area contributed by atoms with Gasteiger partial charge in [0.15, 0.2) is 5.13 Å². The van der Waals surface area contributed by atoms with E-state index in [-0.39, 0.29) is 25.4 Å². The summed E-state index contributed by atoms with van der Waals surface area (Å²) in [7, 11) is 0. The zero-order valence-corrected chi connectivity index (χ0v) is 12.9. The summed E-state index contributed by atoms with van der Waals surface area (Å²) >= 11 is 1.43. The van der Waals surface area contributed by atoms with Gasteiger partial charge >= 0.3 is 5.97 Å². The lowest BCUT2D eigenvalue weighted by molar-refractivity contribution is -0.137. The van der Waals surface area contributed by atoms with Gasteiger partial charge in [0.25, 0.3) is 0 Å². The van der Waals surface area contributed by atoms with Crippen molar-refractivity contribution in [2.75, 3.05) is 31.1 Å². The second kappa shape index (κ2) is 7.84. The smallest absolute Gasteiger partial charge is 0.305 e. The largest absolute Gasteiger partial charge is 0.481 e. The van der Waals surface area contributed by atoms with Crippen molar-refractivity contribution < 1.29 is 14.7 Å². The average molecular weight is 299 g/mol. The first-order valence-corrected chi connectivity index (χ1v) is 7.52. The Morgan fingerprint density at radius 2 is 2.00 bits per heavy atom. The summed E-state index contributed by atoms with van der Waals surface area (Å²) in [6.07, 6.45) is -0.00976. The second-order valence-electron chi connectivity index (χ2n) is 4.40. The first-order valence-electron chi connectivity index (χ1n) is 6.64. The Balaban J connectivity index is 2.77. The molecule has 0 aliphatic carbocycles. The third-order valence-electron chi connectivity index (χ3n) is 2.92. The highest BCUT2D eigenvalue weighted by molar-refractivity contribution is 7.13. The van der Waals surface area contributed by atoms with E-state index in [9.17, 15) is 9.59 Å². The predicted molar refractivity (Wildman–Crippen MR) is 79.2 cm³/mol. The van der Waals surface area contributed by atoms with E-state index in [1.807, 2.05) is 26.2 Å². The number of nitrogens with zero attached hydrogens (tertiary/aromatic N) is 3. The van der Waals surface area contributed by atoms with Crippen LogP contribution in [0.3, 0.4) is 0 Å². The van der Waals surface area contributed by atoms with E-state index >= 15 is 0 Å². The molecule has 0 aromatic carbocycles. The van der Waals surface area contributed by atoms with Crippen molar-refractivity contribution >= 4 is 28.3 Å². The van der Waals surface area contributed by atoms with E-state index in [4.69, 9.17) is 5.11 Å². The van der Waals surface area contributed by atoms with Gasteiger partial charge in [-0.2, -0.15) is 0 Å². The van der Waals surface area contributed by atoms with Crippen molar-refractivity contribution in [3.8, 4) is 0 Å². The maximum absolute atomic E-state index is 12.2. The Morgan fingerprint density at radius 3 is 2.45 bits per heavy atom. The van der Waals surface area contributed by atoms with Crippen LogP contribution in [0.5, 0.6) is 0 Å². The number of hydrogen-bond acceptors (Lipinski definition) is 5. The van der Waals surface area contributed by atoms with Crippen LogP contribution in [-0.4, -0.2) is 53.0 Å². The minimum atomic E-state index is -0.876. The molecule has 0 spiro atoms. The molecule has 0 saturated heterocycles. The number of thiazole rings is 1. The van der Waals surface area contributed by atoms with Crippen LogP contribution in [0.1, 0.15) is 26.0 Å². The second-order valence-corrected chi connectivity index (χ2v) is 5.24. The Labute approximate surface area is 123 Å². The fourth-order valence-electron chi connectivity index (χ4n) is 1.80. The molecule has 0 fully saturated rings. The Bertz CT molecular complexity index is 457. The van der Waals surface area contributed by atoms with E-state index in [0.717, 1.165) is 5.69 Å². The third-order valence-corrected chi connectivity index (χ3v) is 3.93. The lowest BCUT2D eigenvalue weighted by Crippen LogP contribution is -2.41. The van der Waals surface area contributed by atoms with Crippen LogP contribution < -0.4 is 4.90 Å². The Morgan fingerprint density at radius 1 is 1.35 bits per heavy atom. The van der Waals surface area contributed by atoms with Gasteiger partial charge in [0, 0.05) is 25.0 Å². The number of anilines is 1. The van der Waals surface area contributed by atoms with Gasteiger partial charge in [0.2, 0.25) is 5.91 Å². The molecule has 1 rings (SSSR count). The summed E-state index contributed by atoms with van der Waals surface area (Å²) in [5, 5.41) is 11.4. The zero-order chi connectivity index (χ0) is 15.1. The number of carboxylic acids is 1. The van der Waals surface area contributed by atoms with E-state index in [0.29, 0.717) is 18.2 Å². The number of aliphatic carboxylic acids is 1. The van der Waals surface area contributed by atoms with Gasteiger partial charge in [-0.3, -0.25) is 9.59 Å². The predicted octanol–water partition coefficient (Wildman–Crippen LogP) is 1.60. The number of aryl methyl sites for hydroxylation is 1. The van der Waals surface area contributed by atoms with Crippen LogP contribution in [-0.2, 0) is 9.59 Å². The van der Waals surface area contributed by atoms with Gasteiger partial charge in [0.05, 0.1) is 18.7 Å². The molecule has 1 aromatic rings. The molecule has 7 heteroatoms. The Kier molecular flexibility index (Phi) is 6.44. The number of hydrogen-bond donors (Lipinski definition) is 1. The molecule has 6 nitrogen and oxygen atoms in total. The van der Waals surface area contributed by atoms with Crippen LogP contribution in [0.4, 0.5) is 5.13 Å². The molecular formula is C13H21N3O3S. The summed E-state index contributed by atoms with van der Waals surface area (Å²) < 4.78 is 0. The summed E-state index contributed by atoms with van der Waals surface area (Å²) in [6, 6.07) is 0. The van der Waals surface area contributed by atoms with Crippen LogP contribution in [0, 0.1) is 6.92 Å². The van der Waals surface area contributed by atoms with Crippen LogP contribution >= 0.6 is 11.3 Å². The summed E-state index contributed by atoms with van der Waals surface area (Å²) in [6.45, 7) is 7.49. The standard InChI is InChI=1S/C13H21N3O3S/c1-4-15(5-2)11(17)8-16(7-6-12(18)19)13-14-10(3)9-20-13/h9H,4-8H2,1-3H3,(H,18,19). The number of rotatable bonds is 8. The minimum Gasteiger partial charge on any atom is -0.481 e. The first kappa shape index (κ1) is 16.4. The van der Waals surface area contributed by atoms with Crippen LogP contribution in [0.2, 0.25) is 0 Å². The number of amides is 1. The van der Waals surface area contributed by atoms with Gasteiger partial charge in [-0.15, -0.1) is 11.3 Å². The zero-order valence-electron chi connectivity index (χ0n) is 12.1. The van der Waals surface area contributed by atoms with E-state index < -0.39 is 5.97 Å². The van der Waals surface area contributed by atoms with Crippen molar-refractivity contribution in [1.82, 2.24) is 9.88 Å². The van der Waals surface area contributed by atoms with E-state index in [2.05, 4.69) is 4.98 Å². The normalized spacial score (nSPS) is 10.3. The molecule has 0 atom stereocenters. The molecule has 0 unspecified atom stereocenters. The lowest BCUT2D eigenvalue weighted by Gasteiger charge is -2.25. The van der Waals surface area contributed by atoms with Crippen molar-refractivity contribution in [3.05, 3.63) is 11.1 Å². The van der Waals surface area contributed by atoms with Gasteiger partial charge in [-0.05, 0) is 20.8 Å². The van der Waals surface area contributed by atoms with Crippen molar-refractivity contribution in [2.45, 2.75) is 27.2 Å². The molecule has 1 heterocycles. The van der Waals surface area contributed by atoms with Crippen LogP contribution in [0.15, 0.2) is 5.38 Å². The van der Waals surface area contributed by atoms with Crippen molar-refractivity contribution in [1.29, 1.82) is 0 Å². The quantitative estimate of drug-likeness (QED) is 0.789. The van der Waals surface area contributed by atoms with Crippen molar-refractivity contribution in [3.63, 3.8) is 0 Å². The molecule has 0 saturated carbocycles. The highest BCUT2D eigenvalue weighted by Gasteiger charge is 2.18. The molecule has 1 amide bonds. The van der Waals surface area contributed by atoms with Crippen molar-refractivity contribution in [2.24, 2.45) is 0 Å². The fraction of sp³-hybridized carbons (Fsp3) is 0.615. The number of aromatic nitrogens is 1. The molecule has 0 bridgehead atoms.